The molecule has 14 heavy (non-hydrogen) atoms. The first-order valence-corrected chi connectivity index (χ1v) is 6.27. The number of aromatic nitrogens is 1. The molecule has 0 bridgehead atoms. The Morgan fingerprint density at radius 2 is 2.21 bits per heavy atom. The van der Waals surface area contributed by atoms with E-state index in [1.54, 1.807) is 11.3 Å². The fourth-order valence-electron chi connectivity index (χ4n) is 1.39. The molecule has 0 saturated heterocycles. The Labute approximate surface area is 90.9 Å². The van der Waals surface area contributed by atoms with Gasteiger partial charge in [-0.1, -0.05) is 32.8 Å². The Hall–Kier alpha value is -0.630. The summed E-state index contributed by atoms with van der Waals surface area (Å²) in [5.41, 5.74) is 2.58. The Balaban J connectivity index is 2.77. The fourth-order valence-corrected chi connectivity index (χ4v) is 2.25. The molecule has 0 aliphatic heterocycles. The molecule has 1 aromatic rings. The van der Waals surface area contributed by atoms with E-state index in [2.05, 4.69) is 37.2 Å². The highest BCUT2D eigenvalue weighted by molar-refractivity contribution is 7.10. The minimum atomic E-state index is 1.14. The molecule has 0 aromatic carbocycles. The van der Waals surface area contributed by atoms with Crippen molar-refractivity contribution in [2.24, 2.45) is 0 Å². The minimum absolute atomic E-state index is 1.14. The van der Waals surface area contributed by atoms with Gasteiger partial charge in [-0.3, -0.25) is 0 Å². The zero-order chi connectivity index (χ0) is 10.4. The van der Waals surface area contributed by atoms with E-state index in [0.29, 0.717) is 0 Å². The van der Waals surface area contributed by atoms with Crippen molar-refractivity contribution in [3.05, 3.63) is 22.2 Å². The third kappa shape index (κ3) is 3.26. The van der Waals surface area contributed by atoms with Crippen molar-refractivity contribution in [1.29, 1.82) is 0 Å². The molecule has 0 atom stereocenters. The largest absolute Gasteiger partial charge is 0.242 e. The number of unbranched alkanes of at least 4 members (excludes halogenated alkanes) is 1. The van der Waals surface area contributed by atoms with Crippen LogP contribution in [0, 0.1) is 6.92 Å². The van der Waals surface area contributed by atoms with Gasteiger partial charge in [-0.25, -0.2) is 4.98 Å². The van der Waals surface area contributed by atoms with Crippen molar-refractivity contribution >= 4 is 16.9 Å². The van der Waals surface area contributed by atoms with E-state index >= 15 is 0 Å². The average Bonchev–Trinajstić information content (AvgIpc) is 2.59. The molecule has 0 amide bonds. The lowest BCUT2D eigenvalue weighted by Crippen LogP contribution is -1.84. The van der Waals surface area contributed by atoms with Crippen LogP contribution in [0.3, 0.4) is 0 Å². The number of hydrogen-bond acceptors (Lipinski definition) is 2. The smallest absolute Gasteiger partial charge is 0.119 e. The van der Waals surface area contributed by atoms with Crippen molar-refractivity contribution in [2.75, 3.05) is 0 Å². The van der Waals surface area contributed by atoms with Crippen molar-refractivity contribution in [2.45, 2.75) is 46.5 Å². The van der Waals surface area contributed by atoms with Crippen LogP contribution in [0.1, 0.15) is 50.2 Å². The number of nitrogens with zero attached hydrogens (tertiary/aromatic N) is 1. The molecule has 2 heteroatoms. The van der Waals surface area contributed by atoms with E-state index in [-0.39, 0.29) is 0 Å². The highest BCUT2D eigenvalue weighted by Crippen LogP contribution is 2.24. The predicted octanol–water partition coefficient (Wildman–Crippen LogP) is 4.44. The van der Waals surface area contributed by atoms with Crippen LogP contribution in [0.2, 0.25) is 0 Å². The number of rotatable bonds is 5. The topological polar surface area (TPSA) is 12.9 Å². The van der Waals surface area contributed by atoms with E-state index in [0.717, 1.165) is 12.1 Å². The van der Waals surface area contributed by atoms with E-state index in [9.17, 15) is 0 Å². The first-order valence-electron chi connectivity index (χ1n) is 5.39. The zero-order valence-electron chi connectivity index (χ0n) is 9.34. The third-order valence-electron chi connectivity index (χ3n) is 2.09. The van der Waals surface area contributed by atoms with Crippen LogP contribution in [-0.2, 0) is 0 Å². The summed E-state index contributed by atoms with van der Waals surface area (Å²) in [6.45, 7) is 6.50. The van der Waals surface area contributed by atoms with Gasteiger partial charge in [0.2, 0.25) is 0 Å². The minimum Gasteiger partial charge on any atom is -0.242 e. The van der Waals surface area contributed by atoms with Crippen molar-refractivity contribution in [3.63, 3.8) is 0 Å². The summed E-state index contributed by atoms with van der Waals surface area (Å²) in [4.78, 5) is 4.53. The Morgan fingerprint density at radius 1 is 1.43 bits per heavy atom. The van der Waals surface area contributed by atoms with E-state index < -0.39 is 0 Å². The monoisotopic (exact) mass is 209 g/mol. The van der Waals surface area contributed by atoms with Gasteiger partial charge in [-0.05, 0) is 25.3 Å². The normalized spacial score (nSPS) is 12.1. The van der Waals surface area contributed by atoms with Gasteiger partial charge >= 0.3 is 0 Å². The zero-order valence-corrected chi connectivity index (χ0v) is 10.2. The van der Waals surface area contributed by atoms with E-state index in [1.807, 2.05) is 0 Å². The Kier molecular flexibility index (Phi) is 4.88. The lowest BCUT2D eigenvalue weighted by Gasteiger charge is -2.01. The molecule has 0 unspecified atom stereocenters. The summed E-state index contributed by atoms with van der Waals surface area (Å²) in [5.74, 6) is 0. The molecule has 0 aliphatic rings. The van der Waals surface area contributed by atoms with Crippen LogP contribution < -0.4 is 0 Å². The molecule has 0 spiro atoms. The van der Waals surface area contributed by atoms with Crippen molar-refractivity contribution in [3.8, 4) is 0 Å². The van der Waals surface area contributed by atoms with Crippen LogP contribution >= 0.6 is 11.3 Å². The van der Waals surface area contributed by atoms with Gasteiger partial charge in [-0.2, -0.15) is 0 Å². The molecule has 78 valence electrons. The maximum atomic E-state index is 4.53. The SMILES string of the molecule is CCC/C=C(\CCC)c1nc(C)cs1. The molecule has 1 heterocycles. The molecular weight excluding hydrogens is 190 g/mol. The fraction of sp³-hybridized carbons (Fsp3) is 0.583. The van der Waals surface area contributed by atoms with Crippen LogP contribution in [0.25, 0.3) is 5.57 Å². The summed E-state index contributed by atoms with van der Waals surface area (Å²) in [5, 5.41) is 3.35. The quantitative estimate of drug-likeness (QED) is 0.699. The van der Waals surface area contributed by atoms with Gasteiger partial charge in [0, 0.05) is 11.1 Å². The second-order valence-corrected chi connectivity index (χ2v) is 4.42. The van der Waals surface area contributed by atoms with Gasteiger partial charge in [0.05, 0.1) is 0 Å². The highest BCUT2D eigenvalue weighted by atomic mass is 32.1. The summed E-state index contributed by atoms with van der Waals surface area (Å²) in [6.07, 6.45) is 7.11. The lowest BCUT2D eigenvalue weighted by molar-refractivity contribution is 0.931. The molecule has 0 N–H and O–H groups in total. The summed E-state index contributed by atoms with van der Waals surface area (Å²) in [6, 6.07) is 0. The van der Waals surface area contributed by atoms with Crippen LogP contribution in [0.15, 0.2) is 11.5 Å². The number of hydrogen-bond donors (Lipinski definition) is 0. The van der Waals surface area contributed by atoms with Crippen LogP contribution in [0.4, 0.5) is 0 Å². The van der Waals surface area contributed by atoms with Gasteiger partial charge in [0.1, 0.15) is 5.01 Å². The molecule has 0 fully saturated rings. The molecule has 0 saturated carbocycles. The number of thiazole rings is 1. The standard InChI is InChI=1S/C12H19NS/c1-4-6-8-11(7-5-2)12-13-10(3)9-14-12/h8-9H,4-7H2,1-3H3/b11-8+. The van der Waals surface area contributed by atoms with E-state index in [1.165, 1.54) is 29.8 Å². The summed E-state index contributed by atoms with van der Waals surface area (Å²) in [7, 11) is 0. The molecule has 1 aromatic heterocycles. The highest BCUT2D eigenvalue weighted by Gasteiger charge is 2.04. The summed E-state index contributed by atoms with van der Waals surface area (Å²) >= 11 is 1.77. The van der Waals surface area contributed by atoms with Crippen molar-refractivity contribution < 1.29 is 0 Å². The van der Waals surface area contributed by atoms with Crippen LogP contribution in [0.5, 0.6) is 0 Å². The first-order chi connectivity index (χ1) is 6.77. The third-order valence-corrected chi connectivity index (χ3v) is 3.13. The molecule has 1 nitrogen and oxygen atoms in total. The Morgan fingerprint density at radius 3 is 2.71 bits per heavy atom. The Bertz CT molecular complexity index is 299. The number of aryl methyl sites for hydroxylation is 1. The molecule has 0 radical (unpaired) electrons. The maximum Gasteiger partial charge on any atom is 0.119 e. The van der Waals surface area contributed by atoms with Gasteiger partial charge in [-0.15, -0.1) is 11.3 Å². The molecule has 1 rings (SSSR count). The van der Waals surface area contributed by atoms with Crippen LogP contribution in [-0.4, -0.2) is 4.98 Å². The number of allylic oxidation sites excluding steroid dienone is 2. The maximum absolute atomic E-state index is 4.53. The molecule has 0 aliphatic carbocycles. The first kappa shape index (κ1) is 11.4. The van der Waals surface area contributed by atoms with Gasteiger partial charge in [0.25, 0.3) is 0 Å². The van der Waals surface area contributed by atoms with Gasteiger partial charge in [0.15, 0.2) is 0 Å². The second-order valence-electron chi connectivity index (χ2n) is 3.56. The summed E-state index contributed by atoms with van der Waals surface area (Å²) < 4.78 is 0. The molecular formula is C12H19NS. The average molecular weight is 209 g/mol. The van der Waals surface area contributed by atoms with Gasteiger partial charge < -0.3 is 0 Å². The van der Waals surface area contributed by atoms with E-state index in [4.69, 9.17) is 0 Å². The second kappa shape index (κ2) is 5.97. The van der Waals surface area contributed by atoms with Crippen molar-refractivity contribution in [1.82, 2.24) is 4.98 Å². The lowest BCUT2D eigenvalue weighted by atomic mass is 10.1. The predicted molar refractivity (Wildman–Crippen MR) is 64.6 cm³/mol.